The van der Waals surface area contributed by atoms with E-state index in [4.69, 9.17) is 4.74 Å². The van der Waals surface area contributed by atoms with Crippen LogP contribution in [0, 0.1) is 12.8 Å². The Morgan fingerprint density at radius 2 is 1.88 bits per heavy atom. The molecule has 0 unspecified atom stereocenters. The molecule has 2 atom stereocenters. The molecular formula is C22H32N4O6. The van der Waals surface area contributed by atoms with Crippen molar-refractivity contribution in [3.63, 3.8) is 0 Å². The first-order chi connectivity index (χ1) is 15.1. The number of nitrogens with one attached hydrogen (secondary N) is 3. The lowest BCUT2D eigenvalue weighted by Gasteiger charge is -2.25. The quantitative estimate of drug-likeness (QED) is 0.485. The highest BCUT2D eigenvalue weighted by molar-refractivity contribution is 5.98. The molecule has 4 amide bonds. The highest BCUT2D eigenvalue weighted by Gasteiger charge is 2.27. The fourth-order valence-corrected chi connectivity index (χ4v) is 3.16. The molecule has 1 aromatic rings. The second kappa shape index (κ2) is 11.5. The second-order valence-corrected chi connectivity index (χ2v) is 8.08. The maximum absolute atomic E-state index is 12.7. The Labute approximate surface area is 187 Å². The number of ether oxygens (including phenoxy) is 1. The molecule has 0 saturated heterocycles. The topological polar surface area (TPSA) is 137 Å². The van der Waals surface area contributed by atoms with Gasteiger partial charge in [-0.05, 0) is 31.5 Å². The first kappa shape index (κ1) is 25.1. The molecule has 0 radical (unpaired) electrons. The minimum atomic E-state index is -1.19. The van der Waals surface area contributed by atoms with Crippen molar-refractivity contribution in [3.05, 3.63) is 29.3 Å². The minimum absolute atomic E-state index is 0.0570. The van der Waals surface area contributed by atoms with Crippen molar-refractivity contribution in [2.45, 2.75) is 39.8 Å². The van der Waals surface area contributed by atoms with E-state index in [2.05, 4.69) is 16.0 Å². The van der Waals surface area contributed by atoms with Crippen LogP contribution in [0.5, 0.6) is 5.75 Å². The number of hydrogen-bond acceptors (Lipinski definition) is 6. The van der Waals surface area contributed by atoms with Crippen LogP contribution in [0.15, 0.2) is 18.2 Å². The van der Waals surface area contributed by atoms with E-state index in [0.29, 0.717) is 5.75 Å². The summed E-state index contributed by atoms with van der Waals surface area (Å²) in [4.78, 5) is 51.5. The van der Waals surface area contributed by atoms with Gasteiger partial charge >= 0.3 is 0 Å². The first-order valence-corrected chi connectivity index (χ1v) is 10.7. The van der Waals surface area contributed by atoms with Crippen LogP contribution < -0.4 is 20.7 Å². The van der Waals surface area contributed by atoms with Crippen molar-refractivity contribution in [1.29, 1.82) is 0 Å². The van der Waals surface area contributed by atoms with Crippen LogP contribution >= 0.6 is 0 Å². The molecule has 1 aromatic carbocycles. The third kappa shape index (κ3) is 6.94. The molecule has 10 heteroatoms. The Balaban J connectivity index is 2.27. The van der Waals surface area contributed by atoms with Gasteiger partial charge in [-0.2, -0.15) is 0 Å². The summed E-state index contributed by atoms with van der Waals surface area (Å²) >= 11 is 0. The number of carbonyl (C=O) groups excluding carboxylic acids is 4. The Hall–Kier alpha value is -3.14. The summed E-state index contributed by atoms with van der Waals surface area (Å²) in [5.41, 5.74) is 1.07. The molecule has 10 nitrogen and oxygen atoms in total. The first-order valence-electron chi connectivity index (χ1n) is 10.7. The summed E-state index contributed by atoms with van der Waals surface area (Å²) in [6.07, 6.45) is -1.15. The SMILES string of the molecule is Cc1ccc2cc1OCCNC(=O)CN(C(=O)C(C)C)CCNC(=O)[C@H]([C@@H](C)O)NC2=O. The van der Waals surface area contributed by atoms with E-state index in [-0.39, 0.29) is 56.1 Å². The lowest BCUT2D eigenvalue weighted by atomic mass is 10.1. The number of nitrogens with zero attached hydrogens (tertiary/aromatic N) is 1. The third-order valence-corrected chi connectivity index (χ3v) is 5.00. The molecule has 32 heavy (non-hydrogen) atoms. The number of hydrogen-bond donors (Lipinski definition) is 4. The van der Waals surface area contributed by atoms with Crippen molar-refractivity contribution in [1.82, 2.24) is 20.9 Å². The van der Waals surface area contributed by atoms with Gasteiger partial charge in [-0.15, -0.1) is 0 Å². The molecule has 1 heterocycles. The zero-order valence-corrected chi connectivity index (χ0v) is 18.9. The molecule has 0 fully saturated rings. The van der Waals surface area contributed by atoms with Crippen LogP contribution in [0.25, 0.3) is 0 Å². The lowest BCUT2D eigenvalue weighted by Crippen LogP contribution is -2.54. The minimum Gasteiger partial charge on any atom is -0.491 e. The number of aryl methyl sites for hydroxylation is 1. The van der Waals surface area contributed by atoms with Crippen LogP contribution in [0.4, 0.5) is 0 Å². The van der Waals surface area contributed by atoms with Gasteiger partial charge in [0.15, 0.2) is 0 Å². The average Bonchev–Trinajstić information content (AvgIpc) is 2.73. The predicted molar refractivity (Wildman–Crippen MR) is 117 cm³/mol. The normalized spacial score (nSPS) is 19.9. The van der Waals surface area contributed by atoms with Gasteiger partial charge in [0.2, 0.25) is 17.7 Å². The maximum atomic E-state index is 12.7. The van der Waals surface area contributed by atoms with E-state index in [1.54, 1.807) is 32.0 Å². The number of aliphatic hydroxyl groups is 1. The summed E-state index contributed by atoms with van der Waals surface area (Å²) in [5, 5.41) is 17.9. The fourth-order valence-electron chi connectivity index (χ4n) is 3.16. The molecular weight excluding hydrogens is 416 g/mol. The van der Waals surface area contributed by atoms with E-state index >= 15 is 0 Å². The molecule has 1 aliphatic heterocycles. The zero-order chi connectivity index (χ0) is 23.8. The van der Waals surface area contributed by atoms with Crippen LogP contribution in [-0.2, 0) is 14.4 Å². The highest BCUT2D eigenvalue weighted by atomic mass is 16.5. The van der Waals surface area contributed by atoms with Crippen molar-refractivity contribution in [2.75, 3.05) is 32.8 Å². The maximum Gasteiger partial charge on any atom is 0.252 e. The number of aliphatic hydroxyl groups excluding tert-OH is 1. The number of rotatable bonds is 2. The summed E-state index contributed by atoms with van der Waals surface area (Å²) < 4.78 is 5.70. The molecule has 0 aliphatic carbocycles. The van der Waals surface area contributed by atoms with E-state index in [9.17, 15) is 24.3 Å². The monoisotopic (exact) mass is 448 g/mol. The van der Waals surface area contributed by atoms with Crippen molar-refractivity contribution >= 4 is 23.6 Å². The second-order valence-electron chi connectivity index (χ2n) is 8.08. The van der Waals surface area contributed by atoms with Crippen molar-refractivity contribution in [3.8, 4) is 5.75 Å². The van der Waals surface area contributed by atoms with Crippen LogP contribution in [-0.4, -0.2) is 78.6 Å². The van der Waals surface area contributed by atoms with Gasteiger partial charge in [-0.25, -0.2) is 0 Å². The van der Waals surface area contributed by atoms with E-state index in [0.717, 1.165) is 5.56 Å². The number of amides is 4. The Morgan fingerprint density at radius 3 is 2.53 bits per heavy atom. The summed E-state index contributed by atoms with van der Waals surface area (Å²) in [7, 11) is 0. The molecule has 0 spiro atoms. The number of benzene rings is 1. The van der Waals surface area contributed by atoms with Crippen LogP contribution in [0.3, 0.4) is 0 Å². The predicted octanol–water partition coefficient (Wildman–Crippen LogP) is -0.416. The highest BCUT2D eigenvalue weighted by Crippen LogP contribution is 2.19. The van der Waals surface area contributed by atoms with E-state index in [1.165, 1.54) is 11.8 Å². The molecule has 4 N–H and O–H groups in total. The van der Waals surface area contributed by atoms with Crippen LogP contribution in [0.2, 0.25) is 0 Å². The molecule has 2 bridgehead atoms. The largest absolute Gasteiger partial charge is 0.491 e. The van der Waals surface area contributed by atoms with Gasteiger partial charge in [0.25, 0.3) is 5.91 Å². The zero-order valence-electron chi connectivity index (χ0n) is 18.9. The third-order valence-electron chi connectivity index (χ3n) is 5.00. The van der Waals surface area contributed by atoms with Gasteiger partial charge < -0.3 is 30.7 Å². The smallest absolute Gasteiger partial charge is 0.252 e. The summed E-state index contributed by atoms with van der Waals surface area (Å²) in [6, 6.07) is 3.66. The van der Waals surface area contributed by atoms with Gasteiger partial charge in [0.05, 0.1) is 19.2 Å². The van der Waals surface area contributed by atoms with Gasteiger partial charge in [0.1, 0.15) is 18.4 Å². The molecule has 0 aromatic heterocycles. The van der Waals surface area contributed by atoms with Crippen molar-refractivity contribution in [2.24, 2.45) is 5.92 Å². The summed E-state index contributed by atoms with van der Waals surface area (Å²) in [6.45, 7) is 7.07. The van der Waals surface area contributed by atoms with Crippen LogP contribution in [0.1, 0.15) is 36.7 Å². The number of carbonyl (C=O) groups is 4. The van der Waals surface area contributed by atoms with Gasteiger partial charge in [-0.3, -0.25) is 19.2 Å². The standard InChI is InChI=1S/C22H32N4O6/c1-13(2)22(31)26-9-7-24-21(30)19(15(4)27)25-20(29)16-6-5-14(3)17(11-16)32-10-8-23-18(28)12-26/h5-6,11,13,15,19,27H,7-10,12H2,1-4H3,(H,23,28)(H,24,30)(H,25,29)/t15-,19+/m1/s1. The average molecular weight is 449 g/mol. The Morgan fingerprint density at radius 1 is 1.16 bits per heavy atom. The Bertz CT molecular complexity index is 855. The molecule has 0 saturated carbocycles. The Kier molecular flexibility index (Phi) is 9.01. The fraction of sp³-hybridized carbons (Fsp3) is 0.545. The van der Waals surface area contributed by atoms with E-state index < -0.39 is 24.0 Å². The van der Waals surface area contributed by atoms with Gasteiger partial charge in [0, 0.05) is 24.6 Å². The lowest BCUT2D eigenvalue weighted by molar-refractivity contribution is -0.138. The molecule has 2 rings (SSSR count). The molecule has 176 valence electrons. The van der Waals surface area contributed by atoms with Crippen molar-refractivity contribution < 1.29 is 29.0 Å². The molecule has 1 aliphatic rings. The van der Waals surface area contributed by atoms with Gasteiger partial charge in [-0.1, -0.05) is 19.9 Å². The van der Waals surface area contributed by atoms with E-state index in [1.807, 2.05) is 6.92 Å². The summed E-state index contributed by atoms with van der Waals surface area (Å²) in [5.74, 6) is -1.56. The number of fused-ring (bicyclic) bond motifs is 2.